The number of ether oxygens (including phenoxy) is 2. The third kappa shape index (κ3) is 2.85. The van der Waals surface area contributed by atoms with Crippen LogP contribution in [-0.2, 0) is 6.61 Å². The molecule has 0 saturated heterocycles. The third-order valence-electron chi connectivity index (χ3n) is 3.31. The van der Waals surface area contributed by atoms with Gasteiger partial charge in [-0.3, -0.25) is 4.79 Å². The minimum absolute atomic E-state index is 0.341. The van der Waals surface area contributed by atoms with Crippen molar-refractivity contribution in [1.29, 1.82) is 0 Å². The van der Waals surface area contributed by atoms with Crippen molar-refractivity contribution in [3.05, 3.63) is 58.3 Å². The Morgan fingerprint density at radius 2 is 2.09 bits per heavy atom. The summed E-state index contributed by atoms with van der Waals surface area (Å²) in [5.74, 6) is 1.14. The SMILES string of the molecule is COc1ccc(C=O)c(OCc2cc(Br)c3occc3c2)c1. The molecule has 112 valence electrons. The second-order valence-corrected chi connectivity index (χ2v) is 5.58. The lowest BCUT2D eigenvalue weighted by atomic mass is 10.1. The Balaban J connectivity index is 1.85. The molecule has 4 nitrogen and oxygen atoms in total. The van der Waals surface area contributed by atoms with Crippen LogP contribution in [0.5, 0.6) is 11.5 Å². The highest BCUT2D eigenvalue weighted by Gasteiger charge is 2.08. The number of rotatable bonds is 5. The largest absolute Gasteiger partial charge is 0.497 e. The number of carbonyl (C=O) groups is 1. The van der Waals surface area contributed by atoms with Crippen molar-refractivity contribution < 1.29 is 18.7 Å². The molecule has 0 bridgehead atoms. The van der Waals surface area contributed by atoms with Gasteiger partial charge in [0, 0.05) is 11.5 Å². The van der Waals surface area contributed by atoms with Crippen LogP contribution in [0, 0.1) is 0 Å². The molecule has 1 heterocycles. The van der Waals surface area contributed by atoms with Gasteiger partial charge in [-0.05, 0) is 51.8 Å². The maximum Gasteiger partial charge on any atom is 0.153 e. The molecular weight excluding hydrogens is 348 g/mol. The van der Waals surface area contributed by atoms with Gasteiger partial charge in [0.05, 0.1) is 23.4 Å². The molecule has 0 unspecified atom stereocenters. The Kier molecular flexibility index (Phi) is 4.15. The van der Waals surface area contributed by atoms with Gasteiger partial charge in [-0.15, -0.1) is 0 Å². The minimum Gasteiger partial charge on any atom is -0.497 e. The van der Waals surface area contributed by atoms with E-state index in [0.717, 1.165) is 27.3 Å². The topological polar surface area (TPSA) is 48.7 Å². The Labute approximate surface area is 135 Å². The predicted octanol–water partition coefficient (Wildman–Crippen LogP) is 4.60. The lowest BCUT2D eigenvalue weighted by molar-refractivity contribution is 0.111. The van der Waals surface area contributed by atoms with Gasteiger partial charge >= 0.3 is 0 Å². The van der Waals surface area contributed by atoms with Gasteiger partial charge in [-0.2, -0.15) is 0 Å². The smallest absolute Gasteiger partial charge is 0.153 e. The van der Waals surface area contributed by atoms with Crippen molar-refractivity contribution in [3.63, 3.8) is 0 Å². The quantitative estimate of drug-likeness (QED) is 0.624. The fourth-order valence-corrected chi connectivity index (χ4v) is 2.82. The van der Waals surface area contributed by atoms with Gasteiger partial charge < -0.3 is 13.9 Å². The van der Waals surface area contributed by atoms with Crippen molar-refractivity contribution in [3.8, 4) is 11.5 Å². The molecule has 0 aliphatic heterocycles. The molecule has 0 N–H and O–H groups in total. The summed E-state index contributed by atoms with van der Waals surface area (Å²) in [5, 5.41) is 0.995. The summed E-state index contributed by atoms with van der Waals surface area (Å²) in [6.07, 6.45) is 2.41. The summed E-state index contributed by atoms with van der Waals surface area (Å²) < 4.78 is 17.2. The minimum atomic E-state index is 0.341. The van der Waals surface area contributed by atoms with Gasteiger partial charge in [0.25, 0.3) is 0 Å². The number of aldehydes is 1. The van der Waals surface area contributed by atoms with E-state index >= 15 is 0 Å². The zero-order chi connectivity index (χ0) is 15.5. The van der Waals surface area contributed by atoms with Crippen molar-refractivity contribution in [2.75, 3.05) is 7.11 Å². The summed E-state index contributed by atoms with van der Waals surface area (Å²) in [6.45, 7) is 0.341. The van der Waals surface area contributed by atoms with Crippen LogP contribution >= 0.6 is 15.9 Å². The average Bonchev–Trinajstić information content (AvgIpc) is 3.01. The molecule has 1 aromatic heterocycles. The van der Waals surface area contributed by atoms with Gasteiger partial charge in [0.2, 0.25) is 0 Å². The highest BCUT2D eigenvalue weighted by Crippen LogP contribution is 2.28. The first-order chi connectivity index (χ1) is 10.7. The standard InChI is InChI=1S/C17H13BrO4/c1-20-14-3-2-13(9-19)16(8-14)22-10-11-6-12-4-5-21-17(12)15(18)7-11/h2-9H,10H2,1H3. The van der Waals surface area contributed by atoms with Crippen LogP contribution in [0.3, 0.4) is 0 Å². The Morgan fingerprint density at radius 1 is 1.23 bits per heavy atom. The summed E-state index contributed by atoms with van der Waals surface area (Å²) in [7, 11) is 1.57. The van der Waals surface area contributed by atoms with E-state index in [1.165, 1.54) is 0 Å². The summed E-state index contributed by atoms with van der Waals surface area (Å²) >= 11 is 3.48. The molecule has 0 aliphatic carbocycles. The number of hydrogen-bond donors (Lipinski definition) is 0. The molecule has 0 spiro atoms. The molecule has 22 heavy (non-hydrogen) atoms. The molecule has 5 heteroatoms. The number of carbonyl (C=O) groups excluding carboxylic acids is 1. The van der Waals surface area contributed by atoms with Crippen molar-refractivity contribution >= 4 is 33.2 Å². The van der Waals surface area contributed by atoms with Crippen molar-refractivity contribution in [2.45, 2.75) is 6.61 Å². The van der Waals surface area contributed by atoms with Crippen LogP contribution in [0.15, 0.2) is 51.6 Å². The number of halogens is 1. The third-order valence-corrected chi connectivity index (χ3v) is 3.90. The number of benzene rings is 2. The van der Waals surface area contributed by atoms with Crippen LogP contribution in [0.25, 0.3) is 11.0 Å². The maximum atomic E-state index is 11.1. The monoisotopic (exact) mass is 360 g/mol. The second kappa shape index (κ2) is 6.23. The van der Waals surface area contributed by atoms with E-state index in [-0.39, 0.29) is 0 Å². The van der Waals surface area contributed by atoms with E-state index in [1.54, 1.807) is 31.6 Å². The highest BCUT2D eigenvalue weighted by atomic mass is 79.9. The van der Waals surface area contributed by atoms with Crippen molar-refractivity contribution in [1.82, 2.24) is 0 Å². The Morgan fingerprint density at radius 3 is 2.86 bits per heavy atom. The first-order valence-corrected chi connectivity index (χ1v) is 7.42. The molecular formula is C17H13BrO4. The van der Waals surface area contributed by atoms with Crippen LogP contribution in [-0.4, -0.2) is 13.4 Å². The molecule has 0 aliphatic rings. The van der Waals surface area contributed by atoms with Gasteiger partial charge in [0.1, 0.15) is 23.7 Å². The van der Waals surface area contributed by atoms with Gasteiger partial charge in [0.15, 0.2) is 6.29 Å². The molecule has 0 radical (unpaired) electrons. The van der Waals surface area contributed by atoms with Crippen LogP contribution < -0.4 is 9.47 Å². The zero-order valence-electron chi connectivity index (χ0n) is 11.8. The van der Waals surface area contributed by atoms with E-state index in [1.807, 2.05) is 18.2 Å². The average molecular weight is 361 g/mol. The molecule has 0 atom stereocenters. The van der Waals surface area contributed by atoms with Crippen molar-refractivity contribution in [2.24, 2.45) is 0 Å². The molecule has 3 aromatic rings. The van der Waals surface area contributed by atoms with Gasteiger partial charge in [-0.1, -0.05) is 0 Å². The molecule has 0 amide bonds. The number of furan rings is 1. The summed E-state index contributed by atoms with van der Waals surface area (Å²) in [5.41, 5.74) is 2.27. The molecule has 0 saturated carbocycles. The normalized spacial score (nSPS) is 10.6. The zero-order valence-corrected chi connectivity index (χ0v) is 13.4. The van der Waals surface area contributed by atoms with Crippen LogP contribution in [0.4, 0.5) is 0 Å². The lowest BCUT2D eigenvalue weighted by Crippen LogP contribution is -1.99. The first kappa shape index (κ1) is 14.7. The van der Waals surface area contributed by atoms with E-state index in [4.69, 9.17) is 13.9 Å². The first-order valence-electron chi connectivity index (χ1n) is 6.63. The highest BCUT2D eigenvalue weighted by molar-refractivity contribution is 9.10. The lowest BCUT2D eigenvalue weighted by Gasteiger charge is -2.10. The molecule has 0 fully saturated rings. The van der Waals surface area contributed by atoms with Crippen LogP contribution in [0.1, 0.15) is 15.9 Å². The molecule has 3 rings (SSSR count). The maximum absolute atomic E-state index is 11.1. The van der Waals surface area contributed by atoms with E-state index < -0.39 is 0 Å². The Hall–Kier alpha value is -2.27. The van der Waals surface area contributed by atoms with E-state index in [2.05, 4.69) is 15.9 Å². The fourth-order valence-electron chi connectivity index (χ4n) is 2.21. The fraction of sp³-hybridized carbons (Fsp3) is 0.118. The second-order valence-electron chi connectivity index (χ2n) is 4.73. The predicted molar refractivity (Wildman–Crippen MR) is 86.6 cm³/mol. The van der Waals surface area contributed by atoms with E-state index in [9.17, 15) is 4.79 Å². The number of hydrogen-bond acceptors (Lipinski definition) is 4. The van der Waals surface area contributed by atoms with Crippen LogP contribution in [0.2, 0.25) is 0 Å². The Bertz CT molecular complexity index is 823. The number of fused-ring (bicyclic) bond motifs is 1. The summed E-state index contributed by atoms with van der Waals surface area (Å²) in [6, 6.07) is 10.9. The van der Waals surface area contributed by atoms with E-state index in [0.29, 0.717) is 23.7 Å². The molecule has 2 aromatic carbocycles. The summed E-state index contributed by atoms with van der Waals surface area (Å²) in [4.78, 5) is 11.1. The number of methoxy groups -OCH3 is 1. The van der Waals surface area contributed by atoms with Gasteiger partial charge in [-0.25, -0.2) is 0 Å².